The predicted molar refractivity (Wildman–Crippen MR) is 67.2 cm³/mol. The second kappa shape index (κ2) is 8.08. The summed E-state index contributed by atoms with van der Waals surface area (Å²) in [7, 11) is 0. The molecule has 1 rings (SSSR count). The number of amides is 1. The topological polar surface area (TPSA) is 75.6 Å². The van der Waals surface area contributed by atoms with Gasteiger partial charge >= 0.3 is 5.97 Å². The van der Waals surface area contributed by atoms with Gasteiger partial charge in [-0.3, -0.25) is 4.79 Å². The molecule has 0 bridgehead atoms. The van der Waals surface area contributed by atoms with E-state index in [0.717, 1.165) is 31.6 Å². The SMILES string of the molecule is CCC1CCC(C(=O)NCCOCC(=O)O)CC1. The fourth-order valence-electron chi connectivity index (χ4n) is 2.38. The summed E-state index contributed by atoms with van der Waals surface area (Å²) < 4.78 is 4.85. The second-order valence-corrected chi connectivity index (χ2v) is 4.86. The molecule has 0 spiro atoms. The summed E-state index contributed by atoms with van der Waals surface area (Å²) in [5.74, 6) is 0.0166. The molecule has 1 amide bonds. The number of aliphatic carboxylic acids is 1. The molecule has 0 aliphatic heterocycles. The van der Waals surface area contributed by atoms with Crippen LogP contribution < -0.4 is 5.32 Å². The Morgan fingerprint density at radius 3 is 2.50 bits per heavy atom. The van der Waals surface area contributed by atoms with E-state index >= 15 is 0 Å². The van der Waals surface area contributed by atoms with Crippen molar-refractivity contribution < 1.29 is 19.4 Å². The molecule has 0 radical (unpaired) electrons. The molecule has 0 aromatic rings. The number of carboxylic acids is 1. The molecule has 0 saturated heterocycles. The van der Waals surface area contributed by atoms with E-state index in [2.05, 4.69) is 12.2 Å². The fraction of sp³-hybridized carbons (Fsp3) is 0.846. The zero-order valence-electron chi connectivity index (χ0n) is 11.0. The third kappa shape index (κ3) is 5.49. The number of hydrogen-bond donors (Lipinski definition) is 2. The fourth-order valence-corrected chi connectivity index (χ4v) is 2.38. The van der Waals surface area contributed by atoms with Gasteiger partial charge in [-0.05, 0) is 31.6 Å². The molecule has 0 aromatic carbocycles. The lowest BCUT2D eigenvalue weighted by Gasteiger charge is -2.26. The Hall–Kier alpha value is -1.10. The van der Waals surface area contributed by atoms with Crippen molar-refractivity contribution >= 4 is 11.9 Å². The van der Waals surface area contributed by atoms with Crippen molar-refractivity contribution in [2.24, 2.45) is 11.8 Å². The maximum Gasteiger partial charge on any atom is 0.329 e. The van der Waals surface area contributed by atoms with E-state index in [0.29, 0.717) is 6.54 Å². The number of ether oxygens (including phenoxy) is 1. The Labute approximate surface area is 108 Å². The summed E-state index contributed by atoms with van der Waals surface area (Å²) in [4.78, 5) is 22.0. The van der Waals surface area contributed by atoms with Crippen LogP contribution in [0.1, 0.15) is 39.0 Å². The second-order valence-electron chi connectivity index (χ2n) is 4.86. The van der Waals surface area contributed by atoms with Crippen molar-refractivity contribution in [1.29, 1.82) is 0 Å². The highest BCUT2D eigenvalue weighted by Gasteiger charge is 2.24. The number of rotatable bonds is 7. The van der Waals surface area contributed by atoms with Crippen LogP contribution in [0.3, 0.4) is 0 Å². The first-order valence-corrected chi connectivity index (χ1v) is 6.70. The molecule has 2 N–H and O–H groups in total. The number of carbonyl (C=O) groups excluding carboxylic acids is 1. The van der Waals surface area contributed by atoms with Gasteiger partial charge < -0.3 is 15.2 Å². The van der Waals surface area contributed by atoms with E-state index in [4.69, 9.17) is 9.84 Å². The quantitative estimate of drug-likeness (QED) is 0.676. The minimum absolute atomic E-state index is 0.0866. The van der Waals surface area contributed by atoms with Gasteiger partial charge in [-0.15, -0.1) is 0 Å². The molecular formula is C13H23NO4. The zero-order valence-corrected chi connectivity index (χ0v) is 11.0. The zero-order chi connectivity index (χ0) is 13.4. The van der Waals surface area contributed by atoms with Crippen molar-refractivity contribution in [3.05, 3.63) is 0 Å². The first-order valence-electron chi connectivity index (χ1n) is 6.70. The third-order valence-electron chi connectivity index (χ3n) is 3.57. The molecule has 18 heavy (non-hydrogen) atoms. The van der Waals surface area contributed by atoms with Crippen molar-refractivity contribution in [3.63, 3.8) is 0 Å². The molecule has 1 saturated carbocycles. The van der Waals surface area contributed by atoms with Gasteiger partial charge in [-0.1, -0.05) is 13.3 Å². The van der Waals surface area contributed by atoms with Gasteiger partial charge in [0.15, 0.2) is 0 Å². The highest BCUT2D eigenvalue weighted by Crippen LogP contribution is 2.30. The van der Waals surface area contributed by atoms with Crippen LogP contribution in [-0.2, 0) is 14.3 Å². The van der Waals surface area contributed by atoms with Crippen LogP contribution in [-0.4, -0.2) is 36.7 Å². The smallest absolute Gasteiger partial charge is 0.329 e. The summed E-state index contributed by atoms with van der Waals surface area (Å²) >= 11 is 0. The molecule has 0 heterocycles. The van der Waals surface area contributed by atoms with E-state index in [9.17, 15) is 9.59 Å². The lowest BCUT2D eigenvalue weighted by Crippen LogP contribution is -2.35. The molecule has 0 atom stereocenters. The van der Waals surface area contributed by atoms with E-state index in [1.807, 2.05) is 0 Å². The third-order valence-corrected chi connectivity index (χ3v) is 3.57. The van der Waals surface area contributed by atoms with Crippen LogP contribution >= 0.6 is 0 Å². The van der Waals surface area contributed by atoms with E-state index in [1.165, 1.54) is 6.42 Å². The van der Waals surface area contributed by atoms with Crippen molar-refractivity contribution in [1.82, 2.24) is 5.32 Å². The number of carbonyl (C=O) groups is 2. The van der Waals surface area contributed by atoms with Gasteiger partial charge in [0.05, 0.1) is 6.61 Å². The molecule has 1 aliphatic carbocycles. The summed E-state index contributed by atoms with van der Waals surface area (Å²) in [6, 6.07) is 0. The van der Waals surface area contributed by atoms with Crippen LogP contribution in [0, 0.1) is 11.8 Å². The Kier molecular flexibility index (Phi) is 6.72. The van der Waals surface area contributed by atoms with Crippen molar-refractivity contribution in [2.75, 3.05) is 19.8 Å². The van der Waals surface area contributed by atoms with Crippen LogP contribution in [0.25, 0.3) is 0 Å². The van der Waals surface area contributed by atoms with Crippen LogP contribution in [0.2, 0.25) is 0 Å². The summed E-state index contributed by atoms with van der Waals surface area (Å²) in [5, 5.41) is 11.2. The average molecular weight is 257 g/mol. The molecular weight excluding hydrogens is 234 g/mol. The largest absolute Gasteiger partial charge is 0.480 e. The minimum atomic E-state index is -0.987. The minimum Gasteiger partial charge on any atom is -0.480 e. The van der Waals surface area contributed by atoms with Crippen molar-refractivity contribution in [2.45, 2.75) is 39.0 Å². The van der Waals surface area contributed by atoms with Gasteiger partial charge in [-0.2, -0.15) is 0 Å². The number of carboxylic acid groups (broad SMARTS) is 1. The first-order chi connectivity index (χ1) is 8.63. The molecule has 1 fully saturated rings. The van der Waals surface area contributed by atoms with Gasteiger partial charge in [0.2, 0.25) is 5.91 Å². The molecule has 5 heteroatoms. The van der Waals surface area contributed by atoms with Gasteiger partial charge in [-0.25, -0.2) is 4.79 Å². The normalized spacial score (nSPS) is 23.6. The predicted octanol–water partition coefficient (Wildman–Crippen LogP) is 1.42. The van der Waals surface area contributed by atoms with Gasteiger partial charge in [0.25, 0.3) is 0 Å². The molecule has 0 unspecified atom stereocenters. The lowest BCUT2D eigenvalue weighted by atomic mass is 9.80. The first kappa shape index (κ1) is 15.0. The molecule has 1 aliphatic rings. The maximum absolute atomic E-state index is 11.8. The van der Waals surface area contributed by atoms with E-state index in [1.54, 1.807) is 0 Å². The maximum atomic E-state index is 11.8. The van der Waals surface area contributed by atoms with Crippen LogP contribution in [0.4, 0.5) is 0 Å². The number of hydrogen-bond acceptors (Lipinski definition) is 3. The molecule has 5 nitrogen and oxygen atoms in total. The van der Waals surface area contributed by atoms with E-state index in [-0.39, 0.29) is 25.0 Å². The highest BCUT2D eigenvalue weighted by atomic mass is 16.5. The summed E-state index contributed by atoms with van der Waals surface area (Å²) in [6.07, 6.45) is 5.44. The molecule has 0 aromatic heterocycles. The summed E-state index contributed by atoms with van der Waals surface area (Å²) in [6.45, 7) is 2.53. The monoisotopic (exact) mass is 257 g/mol. The lowest BCUT2D eigenvalue weighted by molar-refractivity contribution is -0.142. The Morgan fingerprint density at radius 2 is 1.94 bits per heavy atom. The number of nitrogens with one attached hydrogen (secondary N) is 1. The Balaban J connectivity index is 2.08. The Morgan fingerprint density at radius 1 is 1.28 bits per heavy atom. The van der Waals surface area contributed by atoms with Crippen LogP contribution in [0.15, 0.2) is 0 Å². The van der Waals surface area contributed by atoms with Gasteiger partial charge in [0, 0.05) is 12.5 Å². The van der Waals surface area contributed by atoms with Crippen LogP contribution in [0.5, 0.6) is 0 Å². The van der Waals surface area contributed by atoms with Gasteiger partial charge in [0.1, 0.15) is 6.61 Å². The standard InChI is InChI=1S/C13H23NO4/c1-2-10-3-5-11(6-4-10)13(17)14-7-8-18-9-12(15)16/h10-11H,2-9H2,1H3,(H,14,17)(H,15,16). The molecule has 104 valence electrons. The Bertz CT molecular complexity index is 272. The van der Waals surface area contributed by atoms with E-state index < -0.39 is 5.97 Å². The highest BCUT2D eigenvalue weighted by molar-refractivity contribution is 5.78. The van der Waals surface area contributed by atoms with Crippen molar-refractivity contribution in [3.8, 4) is 0 Å². The summed E-state index contributed by atoms with van der Waals surface area (Å²) in [5.41, 5.74) is 0. The average Bonchev–Trinajstić information content (AvgIpc) is 2.38.